The molecule has 2 aromatic rings. The minimum Gasteiger partial charge on any atom is -0.379 e. The highest BCUT2D eigenvalue weighted by atomic mass is 35.5. The Morgan fingerprint density at radius 2 is 2.10 bits per heavy atom. The first-order chi connectivity index (χ1) is 10.2. The highest BCUT2D eigenvalue weighted by molar-refractivity contribution is 6.30. The number of aromatic nitrogens is 2. The summed E-state index contributed by atoms with van der Waals surface area (Å²) in [6.07, 6.45) is 3.62. The number of nitrogens with zero attached hydrogens (tertiary/aromatic N) is 2. The fourth-order valence-electron chi connectivity index (χ4n) is 2.04. The molecular formula is C16H19ClN4. The monoisotopic (exact) mass is 302 g/mol. The third-order valence-corrected chi connectivity index (χ3v) is 3.56. The van der Waals surface area contributed by atoms with E-state index in [1.165, 1.54) is 0 Å². The number of H-pyrrole nitrogens is 1. The Morgan fingerprint density at radius 1 is 1.33 bits per heavy atom. The molecule has 0 saturated carbocycles. The molecular weight excluding hydrogens is 284 g/mol. The Hall–Kier alpha value is -1.99. The van der Waals surface area contributed by atoms with Crippen LogP contribution in [0.25, 0.3) is 0 Å². The number of aryl methyl sites for hydroxylation is 1. The molecule has 5 heteroatoms. The Kier molecular flexibility index (Phi) is 5.65. The van der Waals surface area contributed by atoms with Crippen molar-refractivity contribution in [1.82, 2.24) is 9.97 Å². The average Bonchev–Trinajstić information content (AvgIpc) is 2.85. The zero-order valence-corrected chi connectivity index (χ0v) is 12.9. The highest BCUT2D eigenvalue weighted by Gasteiger charge is 2.07. The molecule has 2 rings (SSSR count). The average molecular weight is 303 g/mol. The zero-order chi connectivity index (χ0) is 15.1. The van der Waals surface area contributed by atoms with E-state index in [9.17, 15) is 0 Å². The number of hydrogen-bond donors (Lipinski definition) is 2. The van der Waals surface area contributed by atoms with Crippen molar-refractivity contribution in [3.63, 3.8) is 0 Å². The van der Waals surface area contributed by atoms with E-state index in [0.29, 0.717) is 18.1 Å². The molecule has 0 amide bonds. The van der Waals surface area contributed by atoms with Gasteiger partial charge in [0.05, 0.1) is 24.7 Å². The highest BCUT2D eigenvalue weighted by Crippen LogP contribution is 2.17. The van der Waals surface area contributed by atoms with Crippen molar-refractivity contribution in [1.29, 1.82) is 5.26 Å². The Labute approximate surface area is 130 Å². The standard InChI is InChI=1S/C16H19ClN4/c1-2-3-4-15-20-14(16(17)21-15)11-19-13-7-5-12(6-8-13)9-10-18/h5-8,19H,2-4,9,11H2,1H3,(H,20,21). The second-order valence-electron chi connectivity index (χ2n) is 4.94. The molecule has 0 spiro atoms. The number of nitriles is 1. The predicted octanol–water partition coefficient (Wildman–Crippen LogP) is 4.08. The summed E-state index contributed by atoms with van der Waals surface area (Å²) in [5.74, 6) is 0.947. The van der Waals surface area contributed by atoms with Crippen LogP contribution in [0.3, 0.4) is 0 Å². The van der Waals surface area contributed by atoms with E-state index in [0.717, 1.165) is 42.0 Å². The van der Waals surface area contributed by atoms with Crippen molar-refractivity contribution in [3.8, 4) is 6.07 Å². The summed E-state index contributed by atoms with van der Waals surface area (Å²) in [7, 11) is 0. The van der Waals surface area contributed by atoms with Gasteiger partial charge in [-0.15, -0.1) is 0 Å². The van der Waals surface area contributed by atoms with Gasteiger partial charge < -0.3 is 10.3 Å². The Bertz CT molecular complexity index is 610. The van der Waals surface area contributed by atoms with E-state index in [2.05, 4.69) is 28.3 Å². The van der Waals surface area contributed by atoms with E-state index in [1.54, 1.807) is 0 Å². The van der Waals surface area contributed by atoms with Crippen LogP contribution >= 0.6 is 11.6 Å². The summed E-state index contributed by atoms with van der Waals surface area (Å²) in [5.41, 5.74) is 2.92. The SMILES string of the molecule is CCCCc1nc(Cl)c(CNc2ccc(CC#N)cc2)[nH]1. The fraction of sp³-hybridized carbons (Fsp3) is 0.375. The summed E-state index contributed by atoms with van der Waals surface area (Å²) in [6, 6.07) is 9.97. The number of benzene rings is 1. The Balaban J connectivity index is 1.93. The van der Waals surface area contributed by atoms with Crippen molar-refractivity contribution in [2.45, 2.75) is 39.2 Å². The van der Waals surface area contributed by atoms with Crippen LogP contribution in [0.1, 0.15) is 36.8 Å². The summed E-state index contributed by atoms with van der Waals surface area (Å²) >= 11 is 6.14. The maximum atomic E-state index is 8.64. The van der Waals surface area contributed by atoms with Gasteiger partial charge in [0, 0.05) is 12.1 Å². The van der Waals surface area contributed by atoms with Gasteiger partial charge in [0.15, 0.2) is 5.15 Å². The molecule has 21 heavy (non-hydrogen) atoms. The van der Waals surface area contributed by atoms with Gasteiger partial charge in [0.1, 0.15) is 5.82 Å². The predicted molar refractivity (Wildman–Crippen MR) is 85.3 cm³/mol. The number of aromatic amines is 1. The fourth-order valence-corrected chi connectivity index (χ4v) is 2.26. The molecule has 110 valence electrons. The molecule has 0 bridgehead atoms. The summed E-state index contributed by atoms with van der Waals surface area (Å²) < 4.78 is 0. The van der Waals surface area contributed by atoms with Gasteiger partial charge in [-0.25, -0.2) is 4.98 Å². The molecule has 0 atom stereocenters. The van der Waals surface area contributed by atoms with Crippen molar-refractivity contribution >= 4 is 17.3 Å². The third kappa shape index (κ3) is 4.51. The van der Waals surface area contributed by atoms with Crippen molar-refractivity contribution in [2.24, 2.45) is 0 Å². The van der Waals surface area contributed by atoms with Crippen LogP contribution in [0.2, 0.25) is 5.15 Å². The van der Waals surface area contributed by atoms with E-state index >= 15 is 0 Å². The number of imidazole rings is 1. The first-order valence-corrected chi connectivity index (χ1v) is 7.53. The van der Waals surface area contributed by atoms with Crippen LogP contribution in [-0.2, 0) is 19.4 Å². The quantitative estimate of drug-likeness (QED) is 0.810. The van der Waals surface area contributed by atoms with Crippen LogP contribution in [0.15, 0.2) is 24.3 Å². The summed E-state index contributed by atoms with van der Waals surface area (Å²) in [5, 5.41) is 12.5. The maximum absolute atomic E-state index is 8.64. The summed E-state index contributed by atoms with van der Waals surface area (Å²) in [4.78, 5) is 7.60. The van der Waals surface area contributed by atoms with Gasteiger partial charge in [-0.1, -0.05) is 37.1 Å². The normalized spacial score (nSPS) is 10.3. The molecule has 1 aromatic carbocycles. The number of halogens is 1. The number of rotatable bonds is 7. The molecule has 0 aliphatic heterocycles. The third-order valence-electron chi connectivity index (χ3n) is 3.25. The van der Waals surface area contributed by atoms with Crippen molar-refractivity contribution < 1.29 is 0 Å². The van der Waals surface area contributed by atoms with Crippen LogP contribution in [0.5, 0.6) is 0 Å². The second kappa shape index (κ2) is 7.70. The first kappa shape index (κ1) is 15.4. The topological polar surface area (TPSA) is 64.5 Å². The van der Waals surface area contributed by atoms with E-state index in [1.807, 2.05) is 24.3 Å². The molecule has 1 aromatic heterocycles. The molecule has 2 N–H and O–H groups in total. The van der Waals surface area contributed by atoms with Crippen LogP contribution < -0.4 is 5.32 Å². The lowest BCUT2D eigenvalue weighted by Crippen LogP contribution is -2.00. The second-order valence-corrected chi connectivity index (χ2v) is 5.30. The van der Waals surface area contributed by atoms with Crippen molar-refractivity contribution in [2.75, 3.05) is 5.32 Å². The number of anilines is 1. The molecule has 0 unspecified atom stereocenters. The van der Waals surface area contributed by atoms with Gasteiger partial charge in [-0.3, -0.25) is 0 Å². The maximum Gasteiger partial charge on any atom is 0.152 e. The minimum atomic E-state index is 0.438. The smallest absolute Gasteiger partial charge is 0.152 e. The molecule has 0 saturated heterocycles. The molecule has 0 aliphatic rings. The van der Waals surface area contributed by atoms with E-state index < -0.39 is 0 Å². The van der Waals surface area contributed by atoms with Crippen molar-refractivity contribution in [3.05, 3.63) is 46.5 Å². The summed E-state index contributed by atoms with van der Waals surface area (Å²) in [6.45, 7) is 2.76. The Morgan fingerprint density at radius 3 is 2.76 bits per heavy atom. The van der Waals surface area contributed by atoms with Crippen LogP contribution in [-0.4, -0.2) is 9.97 Å². The molecule has 0 aliphatic carbocycles. The van der Waals surface area contributed by atoms with Crippen LogP contribution in [0, 0.1) is 11.3 Å². The lowest BCUT2D eigenvalue weighted by Gasteiger charge is -2.05. The number of nitrogens with one attached hydrogen (secondary N) is 2. The van der Waals surface area contributed by atoms with Gasteiger partial charge >= 0.3 is 0 Å². The number of unbranched alkanes of at least 4 members (excludes halogenated alkanes) is 1. The lowest BCUT2D eigenvalue weighted by molar-refractivity contribution is 0.760. The lowest BCUT2D eigenvalue weighted by atomic mass is 10.1. The molecule has 1 heterocycles. The molecule has 4 nitrogen and oxygen atoms in total. The number of hydrogen-bond acceptors (Lipinski definition) is 3. The molecule has 0 radical (unpaired) electrons. The van der Waals surface area contributed by atoms with Crippen LogP contribution in [0.4, 0.5) is 5.69 Å². The minimum absolute atomic E-state index is 0.438. The largest absolute Gasteiger partial charge is 0.379 e. The van der Waals surface area contributed by atoms with E-state index in [-0.39, 0.29) is 0 Å². The van der Waals surface area contributed by atoms with Gasteiger partial charge in [-0.05, 0) is 24.1 Å². The van der Waals surface area contributed by atoms with E-state index in [4.69, 9.17) is 16.9 Å². The van der Waals surface area contributed by atoms with Gasteiger partial charge in [0.25, 0.3) is 0 Å². The first-order valence-electron chi connectivity index (χ1n) is 7.16. The van der Waals surface area contributed by atoms with Gasteiger partial charge in [0.2, 0.25) is 0 Å². The van der Waals surface area contributed by atoms with Gasteiger partial charge in [-0.2, -0.15) is 5.26 Å². The zero-order valence-electron chi connectivity index (χ0n) is 12.1. The molecule has 0 fully saturated rings.